The molecular formula is C25H25FN2O3S. The minimum absolute atomic E-state index is 0.0714. The van der Waals surface area contributed by atoms with Crippen molar-refractivity contribution in [1.82, 2.24) is 4.31 Å². The molecule has 32 heavy (non-hydrogen) atoms. The number of fused-ring (bicyclic) bond motifs is 1. The predicted octanol–water partition coefficient (Wildman–Crippen LogP) is 4.30. The molecule has 0 saturated carbocycles. The number of hydrogen-bond donors (Lipinski definition) is 0. The molecule has 0 bridgehead atoms. The summed E-state index contributed by atoms with van der Waals surface area (Å²) < 4.78 is 42.4. The van der Waals surface area contributed by atoms with Crippen LogP contribution in [-0.4, -0.2) is 31.2 Å². The average Bonchev–Trinajstić information content (AvgIpc) is 3.10. The number of sulfonamides is 1. The van der Waals surface area contributed by atoms with Crippen molar-refractivity contribution in [3.8, 4) is 0 Å². The number of amides is 1. The van der Waals surface area contributed by atoms with E-state index in [1.54, 1.807) is 29.2 Å². The Bertz CT molecular complexity index is 1240. The molecule has 3 aromatic rings. The molecule has 0 radical (unpaired) electrons. The SMILES string of the molecule is Cc1ccc(S(=O)(=O)N(CC(=O)N2c3ccccc3C[C@H]2C)Cc2ccccc2F)cc1. The predicted molar refractivity (Wildman–Crippen MR) is 122 cm³/mol. The summed E-state index contributed by atoms with van der Waals surface area (Å²) in [6.45, 7) is 3.18. The largest absolute Gasteiger partial charge is 0.308 e. The minimum Gasteiger partial charge on any atom is -0.308 e. The van der Waals surface area contributed by atoms with Gasteiger partial charge < -0.3 is 4.90 Å². The minimum atomic E-state index is -4.03. The van der Waals surface area contributed by atoms with E-state index in [1.807, 2.05) is 38.1 Å². The van der Waals surface area contributed by atoms with Crippen LogP contribution in [0, 0.1) is 12.7 Å². The van der Waals surface area contributed by atoms with Crippen LogP contribution in [0.25, 0.3) is 0 Å². The smallest absolute Gasteiger partial charge is 0.243 e. The summed E-state index contributed by atoms with van der Waals surface area (Å²) >= 11 is 0. The summed E-state index contributed by atoms with van der Waals surface area (Å²) in [6, 6.07) is 20.0. The van der Waals surface area contributed by atoms with Gasteiger partial charge in [-0.1, -0.05) is 54.1 Å². The van der Waals surface area contributed by atoms with Gasteiger partial charge in [-0.05, 0) is 50.1 Å². The van der Waals surface area contributed by atoms with Crippen molar-refractivity contribution in [2.24, 2.45) is 0 Å². The number of aryl methyl sites for hydroxylation is 1. The Hall–Kier alpha value is -3.03. The van der Waals surface area contributed by atoms with Gasteiger partial charge in [0.25, 0.3) is 0 Å². The number of benzene rings is 3. The lowest BCUT2D eigenvalue weighted by atomic mass is 10.1. The summed E-state index contributed by atoms with van der Waals surface area (Å²) in [4.78, 5) is 15.1. The molecule has 3 aromatic carbocycles. The number of para-hydroxylation sites is 1. The molecule has 1 heterocycles. The molecule has 0 unspecified atom stereocenters. The molecule has 1 aliphatic heterocycles. The fourth-order valence-electron chi connectivity index (χ4n) is 4.07. The maximum absolute atomic E-state index is 14.4. The van der Waals surface area contributed by atoms with Crippen molar-refractivity contribution in [2.45, 2.75) is 37.8 Å². The van der Waals surface area contributed by atoms with Crippen LogP contribution in [0.5, 0.6) is 0 Å². The summed E-state index contributed by atoms with van der Waals surface area (Å²) in [5.74, 6) is -0.849. The van der Waals surface area contributed by atoms with Crippen molar-refractivity contribution in [2.75, 3.05) is 11.4 Å². The summed E-state index contributed by atoms with van der Waals surface area (Å²) in [5, 5.41) is 0. The van der Waals surface area contributed by atoms with Gasteiger partial charge in [-0.25, -0.2) is 12.8 Å². The van der Waals surface area contributed by atoms with Gasteiger partial charge in [0.05, 0.1) is 11.4 Å². The highest BCUT2D eigenvalue weighted by Crippen LogP contribution is 2.32. The second-order valence-corrected chi connectivity index (χ2v) is 10.1. The van der Waals surface area contributed by atoms with Crippen LogP contribution in [0.2, 0.25) is 0 Å². The topological polar surface area (TPSA) is 57.7 Å². The van der Waals surface area contributed by atoms with Crippen molar-refractivity contribution in [3.05, 3.63) is 95.3 Å². The molecule has 0 saturated heterocycles. The first-order chi connectivity index (χ1) is 15.3. The molecule has 0 spiro atoms. The van der Waals surface area contributed by atoms with Gasteiger partial charge in [0.1, 0.15) is 5.82 Å². The third-order valence-electron chi connectivity index (χ3n) is 5.75. The Morgan fingerprint density at radius 1 is 1.03 bits per heavy atom. The molecule has 0 aliphatic carbocycles. The third-order valence-corrected chi connectivity index (χ3v) is 7.56. The fourth-order valence-corrected chi connectivity index (χ4v) is 5.44. The Morgan fingerprint density at radius 3 is 2.41 bits per heavy atom. The first-order valence-electron chi connectivity index (χ1n) is 10.5. The van der Waals surface area contributed by atoms with Gasteiger partial charge in [-0.3, -0.25) is 4.79 Å². The van der Waals surface area contributed by atoms with Crippen molar-refractivity contribution in [3.63, 3.8) is 0 Å². The molecule has 0 aromatic heterocycles. The first kappa shape index (κ1) is 22.2. The van der Waals surface area contributed by atoms with E-state index in [4.69, 9.17) is 0 Å². The standard InChI is InChI=1S/C25H25FN2O3S/c1-18-11-13-22(14-12-18)32(30,31)27(16-21-8-3-5-9-23(21)26)17-25(29)28-19(2)15-20-7-4-6-10-24(20)28/h3-14,19H,15-17H2,1-2H3/t19-/m1/s1. The highest BCUT2D eigenvalue weighted by Gasteiger charge is 2.34. The molecule has 4 rings (SSSR count). The van der Waals surface area contributed by atoms with Crippen LogP contribution < -0.4 is 4.90 Å². The number of anilines is 1. The number of carbonyl (C=O) groups is 1. The van der Waals surface area contributed by atoms with E-state index < -0.39 is 15.8 Å². The van der Waals surface area contributed by atoms with E-state index in [2.05, 4.69) is 0 Å². The quantitative estimate of drug-likeness (QED) is 0.560. The zero-order chi connectivity index (χ0) is 22.9. The lowest BCUT2D eigenvalue weighted by Gasteiger charge is -2.27. The van der Waals surface area contributed by atoms with Crippen LogP contribution >= 0.6 is 0 Å². The molecule has 1 atom stereocenters. The van der Waals surface area contributed by atoms with Gasteiger partial charge in [-0.15, -0.1) is 0 Å². The molecule has 1 aliphatic rings. The second-order valence-electron chi connectivity index (χ2n) is 8.12. The summed E-state index contributed by atoms with van der Waals surface area (Å²) in [6.07, 6.45) is 0.708. The van der Waals surface area contributed by atoms with Crippen molar-refractivity contribution in [1.29, 1.82) is 0 Å². The van der Waals surface area contributed by atoms with Gasteiger partial charge in [0.15, 0.2) is 0 Å². The molecule has 0 fully saturated rings. The first-order valence-corrected chi connectivity index (χ1v) is 11.9. The van der Waals surface area contributed by atoms with Gasteiger partial charge >= 0.3 is 0 Å². The van der Waals surface area contributed by atoms with E-state index >= 15 is 0 Å². The number of nitrogens with zero attached hydrogens (tertiary/aromatic N) is 2. The summed E-state index contributed by atoms with van der Waals surface area (Å²) in [7, 11) is -4.03. The van der Waals surface area contributed by atoms with Crippen LogP contribution in [0.3, 0.4) is 0 Å². The average molecular weight is 453 g/mol. The number of halogens is 1. The fraction of sp³-hybridized carbons (Fsp3) is 0.240. The van der Waals surface area contributed by atoms with Gasteiger partial charge in [0, 0.05) is 23.8 Å². The highest BCUT2D eigenvalue weighted by molar-refractivity contribution is 7.89. The van der Waals surface area contributed by atoms with E-state index in [1.165, 1.54) is 24.3 Å². The second kappa shape index (κ2) is 8.84. The number of carbonyl (C=O) groups excluding carboxylic acids is 1. The molecule has 7 heteroatoms. The molecule has 0 N–H and O–H groups in total. The van der Waals surface area contributed by atoms with Crippen LogP contribution in [-0.2, 0) is 27.8 Å². The molecule has 166 valence electrons. The number of rotatable bonds is 6. The highest BCUT2D eigenvalue weighted by atomic mass is 32.2. The molecule has 5 nitrogen and oxygen atoms in total. The maximum Gasteiger partial charge on any atom is 0.243 e. The molecule has 1 amide bonds. The lowest BCUT2D eigenvalue weighted by molar-refractivity contribution is -0.119. The normalized spacial score (nSPS) is 15.8. The Labute approximate surface area is 188 Å². The van der Waals surface area contributed by atoms with E-state index in [-0.39, 0.29) is 35.5 Å². The molecular weight excluding hydrogens is 427 g/mol. The van der Waals surface area contributed by atoms with Crippen LogP contribution in [0.4, 0.5) is 10.1 Å². The Morgan fingerprint density at radius 2 is 1.69 bits per heavy atom. The van der Waals surface area contributed by atoms with E-state index in [0.29, 0.717) is 6.42 Å². The van der Waals surface area contributed by atoms with Crippen molar-refractivity contribution >= 4 is 21.6 Å². The zero-order valence-corrected chi connectivity index (χ0v) is 18.8. The van der Waals surface area contributed by atoms with Crippen LogP contribution in [0.15, 0.2) is 77.7 Å². The van der Waals surface area contributed by atoms with E-state index in [9.17, 15) is 17.6 Å². The number of hydrogen-bond acceptors (Lipinski definition) is 3. The third kappa shape index (κ3) is 4.31. The Balaban J connectivity index is 1.69. The monoisotopic (exact) mass is 452 g/mol. The Kier molecular flexibility index (Phi) is 6.13. The van der Waals surface area contributed by atoms with E-state index in [0.717, 1.165) is 21.1 Å². The zero-order valence-electron chi connectivity index (χ0n) is 18.0. The summed E-state index contributed by atoms with van der Waals surface area (Å²) in [5.41, 5.74) is 2.98. The van der Waals surface area contributed by atoms with Gasteiger partial charge in [0.2, 0.25) is 15.9 Å². The van der Waals surface area contributed by atoms with Crippen LogP contribution in [0.1, 0.15) is 23.6 Å². The van der Waals surface area contributed by atoms with Crippen molar-refractivity contribution < 1.29 is 17.6 Å². The maximum atomic E-state index is 14.4. The lowest BCUT2D eigenvalue weighted by Crippen LogP contribution is -2.44. The van der Waals surface area contributed by atoms with Gasteiger partial charge in [-0.2, -0.15) is 4.31 Å².